The van der Waals surface area contributed by atoms with Crippen molar-refractivity contribution in [3.8, 4) is 16.8 Å². The van der Waals surface area contributed by atoms with Crippen LogP contribution in [0.3, 0.4) is 0 Å². The number of aromatic nitrogens is 6. The highest BCUT2D eigenvalue weighted by Gasteiger charge is 2.23. The fourth-order valence-electron chi connectivity index (χ4n) is 5.80. The highest BCUT2D eigenvalue weighted by molar-refractivity contribution is 5.96. The van der Waals surface area contributed by atoms with Crippen molar-refractivity contribution in [1.29, 1.82) is 0 Å². The van der Waals surface area contributed by atoms with E-state index in [-0.39, 0.29) is 17.8 Å². The van der Waals surface area contributed by atoms with E-state index in [1.807, 2.05) is 85.3 Å². The highest BCUT2D eigenvalue weighted by Crippen LogP contribution is 2.32. The molecule has 9 heteroatoms. The number of hydrogen-bond acceptors (Lipinski definition) is 7. The Morgan fingerprint density at radius 2 is 1.86 bits per heavy atom. The zero-order valence-corrected chi connectivity index (χ0v) is 23.6. The summed E-state index contributed by atoms with van der Waals surface area (Å²) in [6.45, 7) is 4.72. The van der Waals surface area contributed by atoms with Crippen molar-refractivity contribution in [1.82, 2.24) is 29.1 Å². The Hall–Kier alpha value is -4.89. The molecule has 1 fully saturated rings. The monoisotopic (exact) mass is 557 g/mol. The number of hydrogen-bond donors (Lipinski definition) is 1. The molecule has 0 spiro atoms. The number of nitrogens with one attached hydrogen (secondary N) is 1. The Balaban J connectivity index is 1.35. The minimum absolute atomic E-state index is 0.0782. The molecule has 4 aromatic heterocycles. The van der Waals surface area contributed by atoms with Crippen LogP contribution in [0.25, 0.3) is 38.8 Å². The lowest BCUT2D eigenvalue weighted by Gasteiger charge is -2.24. The molecule has 5 heterocycles. The van der Waals surface area contributed by atoms with E-state index in [0.29, 0.717) is 16.7 Å². The number of para-hydroxylation sites is 1. The molecule has 0 aliphatic carbocycles. The number of benzene rings is 2. The zero-order chi connectivity index (χ0) is 28.6. The number of imidazole rings is 1. The highest BCUT2D eigenvalue weighted by atomic mass is 16.5. The Bertz CT molecular complexity index is 1940. The summed E-state index contributed by atoms with van der Waals surface area (Å²) in [4.78, 5) is 32.6. The molecule has 2 atom stereocenters. The van der Waals surface area contributed by atoms with Crippen LogP contribution < -0.4 is 10.9 Å². The second-order valence-corrected chi connectivity index (χ2v) is 10.7. The first-order chi connectivity index (χ1) is 20.6. The number of aryl methyl sites for hydroxylation is 1. The zero-order valence-electron chi connectivity index (χ0n) is 23.6. The maximum Gasteiger partial charge on any atom is 0.263 e. The third-order valence-electron chi connectivity index (χ3n) is 7.93. The lowest BCUT2D eigenvalue weighted by Crippen LogP contribution is -2.26. The molecule has 9 nitrogen and oxygen atoms in total. The fourth-order valence-corrected chi connectivity index (χ4v) is 5.80. The first-order valence-corrected chi connectivity index (χ1v) is 14.3. The predicted molar refractivity (Wildman–Crippen MR) is 164 cm³/mol. The van der Waals surface area contributed by atoms with Gasteiger partial charge in [-0.3, -0.25) is 18.9 Å². The molecule has 1 saturated heterocycles. The van der Waals surface area contributed by atoms with Crippen molar-refractivity contribution in [2.45, 2.75) is 45.4 Å². The standard InChI is InChI=1S/C33H31N7O2/c1-21-14-15-24(18-34-21)26-12-8-9-23-17-27(40(33(41)29(23)26)25-10-4-3-5-11-25)22(2)38-31-30-32(36-19-35-31)39(20-37-30)28-13-6-7-16-42-28/h3-5,8-12,14-15,17-20,22,28H,6-7,13,16H2,1-2H3,(H,35,36,38)/t22?,28-/m0/s1. The number of anilines is 1. The number of pyridine rings is 2. The Morgan fingerprint density at radius 3 is 2.64 bits per heavy atom. The van der Waals surface area contributed by atoms with E-state index in [0.717, 1.165) is 65.1 Å². The van der Waals surface area contributed by atoms with E-state index in [4.69, 9.17) is 4.74 Å². The molecule has 2 aromatic carbocycles. The third kappa shape index (κ3) is 4.61. The molecule has 1 aliphatic heterocycles. The minimum atomic E-state index is -0.291. The van der Waals surface area contributed by atoms with Gasteiger partial charge in [0.15, 0.2) is 17.0 Å². The molecule has 1 N–H and O–H groups in total. The minimum Gasteiger partial charge on any atom is -0.360 e. The van der Waals surface area contributed by atoms with Crippen molar-refractivity contribution in [2.75, 3.05) is 11.9 Å². The van der Waals surface area contributed by atoms with Crippen molar-refractivity contribution >= 4 is 27.8 Å². The number of rotatable bonds is 6. The maximum absolute atomic E-state index is 14.4. The summed E-state index contributed by atoms with van der Waals surface area (Å²) in [5.41, 5.74) is 5.58. The summed E-state index contributed by atoms with van der Waals surface area (Å²) in [5, 5.41) is 5.05. The van der Waals surface area contributed by atoms with Gasteiger partial charge in [-0.05, 0) is 68.3 Å². The van der Waals surface area contributed by atoms with E-state index < -0.39 is 0 Å². The lowest BCUT2D eigenvalue weighted by molar-refractivity contribution is -0.0298. The van der Waals surface area contributed by atoms with Crippen LogP contribution >= 0.6 is 0 Å². The van der Waals surface area contributed by atoms with Crippen molar-refractivity contribution < 1.29 is 4.74 Å². The molecule has 6 aromatic rings. The van der Waals surface area contributed by atoms with Gasteiger partial charge in [0, 0.05) is 35.4 Å². The van der Waals surface area contributed by atoms with Gasteiger partial charge in [0.1, 0.15) is 12.6 Å². The van der Waals surface area contributed by atoms with Gasteiger partial charge < -0.3 is 10.1 Å². The van der Waals surface area contributed by atoms with Crippen LogP contribution in [0.5, 0.6) is 0 Å². The van der Waals surface area contributed by atoms with Gasteiger partial charge in [0.05, 0.1) is 17.8 Å². The summed E-state index contributed by atoms with van der Waals surface area (Å²) in [6.07, 6.45) is 8.18. The van der Waals surface area contributed by atoms with E-state index >= 15 is 0 Å². The van der Waals surface area contributed by atoms with Gasteiger partial charge in [-0.15, -0.1) is 0 Å². The van der Waals surface area contributed by atoms with Gasteiger partial charge in [0.2, 0.25) is 0 Å². The second-order valence-electron chi connectivity index (χ2n) is 10.7. The van der Waals surface area contributed by atoms with E-state index in [2.05, 4.69) is 31.3 Å². The molecule has 0 amide bonds. The van der Waals surface area contributed by atoms with Crippen LogP contribution in [-0.4, -0.2) is 35.7 Å². The molecule has 0 bridgehead atoms. The Morgan fingerprint density at radius 1 is 0.976 bits per heavy atom. The Kier molecular flexibility index (Phi) is 6.71. The van der Waals surface area contributed by atoms with Gasteiger partial charge >= 0.3 is 0 Å². The van der Waals surface area contributed by atoms with E-state index in [9.17, 15) is 4.79 Å². The van der Waals surface area contributed by atoms with Crippen LogP contribution in [0.15, 0.2) is 90.4 Å². The molecule has 210 valence electrons. The van der Waals surface area contributed by atoms with Crippen LogP contribution in [0.2, 0.25) is 0 Å². The van der Waals surface area contributed by atoms with Crippen LogP contribution in [0.4, 0.5) is 5.82 Å². The summed E-state index contributed by atoms with van der Waals surface area (Å²) in [7, 11) is 0. The number of ether oxygens (including phenoxy) is 1. The first-order valence-electron chi connectivity index (χ1n) is 14.3. The van der Waals surface area contributed by atoms with Crippen LogP contribution in [0.1, 0.15) is 49.8 Å². The van der Waals surface area contributed by atoms with Gasteiger partial charge in [0.25, 0.3) is 5.56 Å². The maximum atomic E-state index is 14.4. The number of fused-ring (bicyclic) bond motifs is 2. The topological polar surface area (TPSA) is 99.7 Å². The largest absolute Gasteiger partial charge is 0.360 e. The molecule has 1 aliphatic rings. The van der Waals surface area contributed by atoms with Gasteiger partial charge in [-0.1, -0.05) is 42.5 Å². The lowest BCUT2D eigenvalue weighted by atomic mass is 9.98. The smallest absolute Gasteiger partial charge is 0.263 e. The first kappa shape index (κ1) is 26.0. The molecule has 0 radical (unpaired) electrons. The van der Waals surface area contributed by atoms with Gasteiger partial charge in [-0.25, -0.2) is 15.0 Å². The fraction of sp³-hybridized carbons (Fsp3) is 0.242. The number of nitrogens with zero attached hydrogens (tertiary/aromatic N) is 6. The normalized spacial score (nSPS) is 16.1. The van der Waals surface area contributed by atoms with Crippen molar-refractivity contribution in [3.05, 3.63) is 107 Å². The van der Waals surface area contributed by atoms with Crippen molar-refractivity contribution in [3.63, 3.8) is 0 Å². The summed E-state index contributed by atoms with van der Waals surface area (Å²) in [5.74, 6) is 0.605. The third-order valence-corrected chi connectivity index (χ3v) is 7.93. The average Bonchev–Trinajstić information content (AvgIpc) is 3.47. The second kappa shape index (κ2) is 10.8. The average molecular weight is 558 g/mol. The van der Waals surface area contributed by atoms with E-state index in [1.165, 1.54) is 0 Å². The summed E-state index contributed by atoms with van der Waals surface area (Å²) in [6, 6.07) is 21.5. The van der Waals surface area contributed by atoms with Gasteiger partial charge in [-0.2, -0.15) is 0 Å². The molecule has 0 saturated carbocycles. The molecule has 7 rings (SSSR count). The van der Waals surface area contributed by atoms with Crippen LogP contribution in [-0.2, 0) is 4.74 Å². The summed E-state index contributed by atoms with van der Waals surface area (Å²) < 4.78 is 9.77. The predicted octanol–water partition coefficient (Wildman–Crippen LogP) is 6.37. The molecular weight excluding hydrogens is 526 g/mol. The Labute approximate surface area is 242 Å². The molecular formula is C33H31N7O2. The van der Waals surface area contributed by atoms with Crippen LogP contribution in [0, 0.1) is 6.92 Å². The van der Waals surface area contributed by atoms with Crippen molar-refractivity contribution in [2.24, 2.45) is 0 Å². The van der Waals surface area contributed by atoms with E-state index in [1.54, 1.807) is 17.2 Å². The quantitative estimate of drug-likeness (QED) is 0.254. The molecule has 1 unspecified atom stereocenters. The summed E-state index contributed by atoms with van der Waals surface area (Å²) >= 11 is 0. The SMILES string of the molecule is Cc1ccc(-c2cccc3cc(C(C)Nc4ncnc5c4ncn5[C@@H]4CCCCO4)n(-c4ccccc4)c(=O)c23)cn1. The molecule has 42 heavy (non-hydrogen) atoms.